The van der Waals surface area contributed by atoms with Crippen molar-refractivity contribution in [3.05, 3.63) is 77.0 Å². The van der Waals surface area contributed by atoms with Crippen LogP contribution >= 0.6 is 0 Å². The molecule has 29 heavy (non-hydrogen) atoms. The number of rotatable bonds is 5. The van der Waals surface area contributed by atoms with E-state index >= 15 is 0 Å². The van der Waals surface area contributed by atoms with Crippen molar-refractivity contribution in [2.45, 2.75) is 12.5 Å². The van der Waals surface area contributed by atoms with E-state index in [0.29, 0.717) is 12.1 Å². The predicted molar refractivity (Wildman–Crippen MR) is 96.8 cm³/mol. The lowest BCUT2D eigenvalue weighted by Crippen LogP contribution is -2.39. The Morgan fingerprint density at radius 1 is 1.10 bits per heavy atom. The molecule has 5 nitrogen and oxygen atoms in total. The highest BCUT2D eigenvalue weighted by Crippen LogP contribution is 2.27. The van der Waals surface area contributed by atoms with Crippen LogP contribution in [0, 0.1) is 23.3 Å². The summed E-state index contributed by atoms with van der Waals surface area (Å²) in [7, 11) is 1.52. The van der Waals surface area contributed by atoms with Gasteiger partial charge in [0, 0.05) is 36.5 Å². The summed E-state index contributed by atoms with van der Waals surface area (Å²) in [5.41, 5.74) is -2.15. The molecule has 0 aliphatic heterocycles. The minimum atomic E-state index is -1.84. The molecule has 1 atom stereocenters. The Balaban J connectivity index is 1.85. The number of carbonyl (C=O) groups is 1. The molecule has 2 N–H and O–H groups in total. The van der Waals surface area contributed by atoms with Crippen molar-refractivity contribution in [2.24, 2.45) is 7.05 Å². The maximum absolute atomic E-state index is 14.1. The fourth-order valence-electron chi connectivity index (χ4n) is 2.90. The number of aliphatic hydroxyl groups is 1. The quantitative estimate of drug-likeness (QED) is 0.638. The standard InChI is InChI=1S/C20H17F4N3O2/c1-20(29,15-6-4-12(22)8-17(15)24)10-25-19(28)14-9-27(2)26-18(14)13-5-3-11(21)7-16(13)23/h3-9,29H,10H2,1-2H3,(H,25,28). The number of carbonyl (C=O) groups excluding carboxylic acids is 1. The molecule has 1 unspecified atom stereocenters. The lowest BCUT2D eigenvalue weighted by Gasteiger charge is -2.24. The van der Waals surface area contributed by atoms with E-state index in [-0.39, 0.29) is 22.4 Å². The van der Waals surface area contributed by atoms with Crippen LogP contribution in [-0.4, -0.2) is 27.3 Å². The van der Waals surface area contributed by atoms with Gasteiger partial charge in [-0.3, -0.25) is 9.48 Å². The fourth-order valence-corrected chi connectivity index (χ4v) is 2.90. The molecular weight excluding hydrogens is 390 g/mol. The number of aryl methyl sites for hydroxylation is 1. The van der Waals surface area contributed by atoms with E-state index in [1.54, 1.807) is 0 Å². The minimum absolute atomic E-state index is 0.0184. The number of hydrogen-bond acceptors (Lipinski definition) is 3. The summed E-state index contributed by atoms with van der Waals surface area (Å²) in [5, 5.41) is 17.0. The number of nitrogens with zero attached hydrogens (tertiary/aromatic N) is 2. The molecule has 1 aromatic heterocycles. The van der Waals surface area contributed by atoms with Gasteiger partial charge in [-0.15, -0.1) is 0 Å². The largest absolute Gasteiger partial charge is 0.383 e. The molecule has 0 radical (unpaired) electrons. The van der Waals surface area contributed by atoms with Gasteiger partial charge >= 0.3 is 0 Å². The van der Waals surface area contributed by atoms with Gasteiger partial charge in [-0.25, -0.2) is 17.6 Å². The third kappa shape index (κ3) is 4.29. The molecule has 0 bridgehead atoms. The molecule has 0 aliphatic carbocycles. The van der Waals surface area contributed by atoms with E-state index in [9.17, 15) is 27.5 Å². The second-order valence-electron chi connectivity index (χ2n) is 6.77. The zero-order valence-electron chi connectivity index (χ0n) is 15.5. The number of nitrogens with one attached hydrogen (secondary N) is 1. The molecule has 0 spiro atoms. The van der Waals surface area contributed by atoms with Gasteiger partial charge in [-0.1, -0.05) is 6.07 Å². The van der Waals surface area contributed by atoms with Crippen molar-refractivity contribution in [3.63, 3.8) is 0 Å². The van der Waals surface area contributed by atoms with Crippen LogP contribution in [-0.2, 0) is 12.6 Å². The van der Waals surface area contributed by atoms with Crippen LogP contribution in [0.25, 0.3) is 11.3 Å². The molecule has 1 heterocycles. The summed E-state index contributed by atoms with van der Waals surface area (Å²) in [6.07, 6.45) is 1.33. The number of aromatic nitrogens is 2. The van der Waals surface area contributed by atoms with Gasteiger partial charge in [-0.05, 0) is 25.1 Å². The number of hydrogen-bond donors (Lipinski definition) is 2. The molecule has 152 valence electrons. The summed E-state index contributed by atoms with van der Waals surface area (Å²) in [4.78, 5) is 12.6. The van der Waals surface area contributed by atoms with Gasteiger partial charge in [-0.2, -0.15) is 5.10 Å². The van der Waals surface area contributed by atoms with Crippen molar-refractivity contribution < 1.29 is 27.5 Å². The third-order valence-corrected chi connectivity index (χ3v) is 4.36. The second kappa shape index (κ2) is 7.67. The van der Waals surface area contributed by atoms with Crippen molar-refractivity contribution in [1.29, 1.82) is 0 Å². The van der Waals surface area contributed by atoms with E-state index < -0.39 is 41.3 Å². The van der Waals surface area contributed by atoms with E-state index in [1.165, 1.54) is 24.9 Å². The Labute approximate surface area is 163 Å². The molecule has 3 rings (SSSR count). The van der Waals surface area contributed by atoms with Gasteiger partial charge in [0.05, 0.1) is 12.1 Å². The summed E-state index contributed by atoms with van der Waals surface area (Å²) < 4.78 is 55.6. The van der Waals surface area contributed by atoms with E-state index in [0.717, 1.165) is 24.3 Å². The van der Waals surface area contributed by atoms with Crippen LogP contribution < -0.4 is 5.32 Å². The summed E-state index contributed by atoms with van der Waals surface area (Å²) in [5.74, 6) is -4.13. The molecule has 2 aromatic carbocycles. The summed E-state index contributed by atoms with van der Waals surface area (Å²) in [6, 6.07) is 5.58. The summed E-state index contributed by atoms with van der Waals surface area (Å²) in [6.45, 7) is 0.849. The average Bonchev–Trinajstić information content (AvgIpc) is 3.01. The highest BCUT2D eigenvalue weighted by molar-refractivity contribution is 5.99. The highest BCUT2D eigenvalue weighted by Gasteiger charge is 2.29. The van der Waals surface area contributed by atoms with Crippen LogP contribution in [0.2, 0.25) is 0 Å². The Bertz CT molecular complexity index is 1080. The molecule has 0 saturated carbocycles. The number of halogens is 4. The van der Waals surface area contributed by atoms with E-state index in [1.807, 2.05) is 0 Å². The first-order valence-corrected chi connectivity index (χ1v) is 8.53. The SMILES string of the molecule is Cn1cc(C(=O)NCC(C)(O)c2ccc(F)cc2F)c(-c2ccc(F)cc2F)n1. The Hall–Kier alpha value is -3.20. The molecule has 1 amide bonds. The van der Waals surface area contributed by atoms with Crippen molar-refractivity contribution >= 4 is 5.91 Å². The zero-order valence-corrected chi connectivity index (χ0v) is 15.5. The monoisotopic (exact) mass is 407 g/mol. The number of benzene rings is 2. The van der Waals surface area contributed by atoms with E-state index in [4.69, 9.17) is 0 Å². The smallest absolute Gasteiger partial charge is 0.255 e. The first-order chi connectivity index (χ1) is 13.6. The van der Waals surface area contributed by atoms with Crippen molar-refractivity contribution in [1.82, 2.24) is 15.1 Å². The second-order valence-corrected chi connectivity index (χ2v) is 6.77. The van der Waals surface area contributed by atoms with Gasteiger partial charge in [0.15, 0.2) is 0 Å². The average molecular weight is 407 g/mol. The fraction of sp³-hybridized carbons (Fsp3) is 0.200. The van der Waals surface area contributed by atoms with Crippen molar-refractivity contribution in [2.75, 3.05) is 6.54 Å². The first-order valence-electron chi connectivity index (χ1n) is 8.53. The Morgan fingerprint density at radius 3 is 2.34 bits per heavy atom. The lowest BCUT2D eigenvalue weighted by atomic mass is 9.95. The van der Waals surface area contributed by atoms with Crippen molar-refractivity contribution in [3.8, 4) is 11.3 Å². The lowest BCUT2D eigenvalue weighted by molar-refractivity contribution is 0.0494. The molecular formula is C20H17F4N3O2. The van der Waals surface area contributed by atoms with Crippen LogP contribution in [0.4, 0.5) is 17.6 Å². The normalized spacial score (nSPS) is 13.2. The van der Waals surface area contributed by atoms with Gasteiger partial charge in [0.2, 0.25) is 0 Å². The Kier molecular flexibility index (Phi) is 5.43. The van der Waals surface area contributed by atoms with Crippen LogP contribution in [0.1, 0.15) is 22.8 Å². The Morgan fingerprint density at radius 2 is 1.72 bits per heavy atom. The van der Waals surface area contributed by atoms with Gasteiger partial charge in [0.25, 0.3) is 5.91 Å². The topological polar surface area (TPSA) is 67.2 Å². The highest BCUT2D eigenvalue weighted by atomic mass is 19.1. The number of amides is 1. The summed E-state index contributed by atoms with van der Waals surface area (Å²) >= 11 is 0. The van der Waals surface area contributed by atoms with Crippen LogP contribution in [0.3, 0.4) is 0 Å². The van der Waals surface area contributed by atoms with Gasteiger partial charge < -0.3 is 10.4 Å². The molecule has 0 saturated heterocycles. The molecule has 0 fully saturated rings. The van der Waals surface area contributed by atoms with Crippen LogP contribution in [0.15, 0.2) is 42.6 Å². The maximum atomic E-state index is 14.1. The maximum Gasteiger partial charge on any atom is 0.255 e. The predicted octanol–water partition coefficient (Wildman–Crippen LogP) is 3.28. The minimum Gasteiger partial charge on any atom is -0.383 e. The third-order valence-electron chi connectivity index (χ3n) is 4.36. The molecule has 3 aromatic rings. The van der Waals surface area contributed by atoms with Crippen LogP contribution in [0.5, 0.6) is 0 Å². The molecule has 0 aliphatic rings. The van der Waals surface area contributed by atoms with Gasteiger partial charge in [0.1, 0.15) is 34.6 Å². The molecule has 9 heteroatoms. The zero-order chi connectivity index (χ0) is 21.3. The first kappa shape index (κ1) is 20.5. The van der Waals surface area contributed by atoms with E-state index in [2.05, 4.69) is 10.4 Å².